The normalized spacial score (nSPS) is 24.5. The van der Waals surface area contributed by atoms with Gasteiger partial charge in [-0.1, -0.05) is 20.8 Å². The van der Waals surface area contributed by atoms with Crippen molar-refractivity contribution in [1.29, 1.82) is 0 Å². The quantitative estimate of drug-likeness (QED) is 0.891. The van der Waals surface area contributed by atoms with Crippen molar-refractivity contribution in [2.45, 2.75) is 46.3 Å². The van der Waals surface area contributed by atoms with Gasteiger partial charge in [0.1, 0.15) is 12.1 Å². The summed E-state index contributed by atoms with van der Waals surface area (Å²) >= 11 is 1.49. The number of nitrogens with one attached hydrogen (secondary N) is 1. The van der Waals surface area contributed by atoms with E-state index in [-0.39, 0.29) is 17.2 Å². The lowest BCUT2D eigenvalue weighted by Gasteiger charge is -2.42. The van der Waals surface area contributed by atoms with E-state index >= 15 is 0 Å². The number of hydrogen-bond acceptors (Lipinski definition) is 4. The summed E-state index contributed by atoms with van der Waals surface area (Å²) in [6, 6.07) is -0.905. The third-order valence-electron chi connectivity index (χ3n) is 3.34. The van der Waals surface area contributed by atoms with E-state index < -0.39 is 12.1 Å². The summed E-state index contributed by atoms with van der Waals surface area (Å²) < 4.78 is 0. The van der Waals surface area contributed by atoms with Crippen LogP contribution >= 0.6 is 11.3 Å². The molecule has 0 spiro atoms. The topological polar surface area (TPSA) is 62.3 Å². The molecule has 2 atom stereocenters. The van der Waals surface area contributed by atoms with Gasteiger partial charge in [0, 0.05) is 11.1 Å². The second-order valence-electron chi connectivity index (χ2n) is 5.92. The monoisotopic (exact) mass is 281 g/mol. The van der Waals surface area contributed by atoms with Gasteiger partial charge < -0.3 is 10.2 Å². The fourth-order valence-electron chi connectivity index (χ4n) is 2.11. The molecule has 2 heterocycles. The summed E-state index contributed by atoms with van der Waals surface area (Å²) in [6.45, 7) is 8.07. The first kappa shape index (κ1) is 14.0. The second-order valence-corrected chi connectivity index (χ2v) is 6.89. The summed E-state index contributed by atoms with van der Waals surface area (Å²) in [5.41, 5.74) is 1.44. The van der Waals surface area contributed by atoms with Crippen LogP contribution in [0.4, 0.5) is 0 Å². The van der Waals surface area contributed by atoms with Crippen LogP contribution in [-0.2, 0) is 16.1 Å². The van der Waals surface area contributed by atoms with Crippen molar-refractivity contribution in [2.75, 3.05) is 0 Å². The van der Waals surface area contributed by atoms with Gasteiger partial charge in [-0.15, -0.1) is 11.3 Å². The Morgan fingerprint density at radius 1 is 1.42 bits per heavy atom. The van der Waals surface area contributed by atoms with Crippen LogP contribution in [0.1, 0.15) is 32.6 Å². The Balaban J connectivity index is 2.24. The molecule has 2 rings (SSSR count). The largest absolute Gasteiger partial charge is 0.342 e. The molecule has 1 fully saturated rings. The van der Waals surface area contributed by atoms with Crippen molar-refractivity contribution in [1.82, 2.24) is 15.2 Å². The Kier molecular flexibility index (Phi) is 3.62. The molecule has 1 saturated heterocycles. The van der Waals surface area contributed by atoms with E-state index in [1.54, 1.807) is 23.5 Å². The van der Waals surface area contributed by atoms with Gasteiger partial charge in [-0.05, 0) is 12.3 Å². The van der Waals surface area contributed by atoms with Crippen LogP contribution in [0.2, 0.25) is 0 Å². The molecule has 0 aromatic carbocycles. The average Bonchev–Trinajstić information content (AvgIpc) is 2.80. The summed E-state index contributed by atoms with van der Waals surface area (Å²) in [6.07, 6.45) is 1.74. The minimum Gasteiger partial charge on any atom is -0.342 e. The highest BCUT2D eigenvalue weighted by Gasteiger charge is 2.43. The Labute approximate surface area is 117 Å². The van der Waals surface area contributed by atoms with Crippen molar-refractivity contribution in [3.63, 3.8) is 0 Å². The lowest BCUT2D eigenvalue weighted by atomic mass is 9.84. The van der Waals surface area contributed by atoms with E-state index in [0.29, 0.717) is 6.54 Å². The van der Waals surface area contributed by atoms with E-state index in [1.807, 2.05) is 20.8 Å². The van der Waals surface area contributed by atoms with Crippen LogP contribution in [0, 0.1) is 5.41 Å². The summed E-state index contributed by atoms with van der Waals surface area (Å²) in [7, 11) is 0. The molecular weight excluding hydrogens is 262 g/mol. The molecule has 19 heavy (non-hydrogen) atoms. The molecule has 1 aromatic rings. The number of hydrogen-bond donors (Lipinski definition) is 1. The van der Waals surface area contributed by atoms with Crippen molar-refractivity contribution in [2.24, 2.45) is 5.41 Å². The molecular formula is C13H19N3O2S. The predicted octanol–water partition coefficient (Wildman–Crippen LogP) is 1.40. The minimum atomic E-state index is -0.468. The molecule has 5 nitrogen and oxygen atoms in total. The Morgan fingerprint density at radius 3 is 2.63 bits per heavy atom. The van der Waals surface area contributed by atoms with Crippen molar-refractivity contribution < 1.29 is 9.59 Å². The Morgan fingerprint density at radius 2 is 2.11 bits per heavy atom. The van der Waals surface area contributed by atoms with Gasteiger partial charge in [-0.3, -0.25) is 14.6 Å². The lowest BCUT2D eigenvalue weighted by Crippen LogP contribution is -2.65. The lowest BCUT2D eigenvalue weighted by molar-refractivity contribution is -0.152. The predicted molar refractivity (Wildman–Crippen MR) is 73.5 cm³/mol. The Hall–Kier alpha value is -1.43. The fourth-order valence-corrected chi connectivity index (χ4v) is 2.71. The molecule has 1 aromatic heterocycles. The van der Waals surface area contributed by atoms with Crippen molar-refractivity contribution in [3.8, 4) is 0 Å². The zero-order chi connectivity index (χ0) is 14.2. The first-order valence-corrected chi connectivity index (χ1v) is 7.17. The minimum absolute atomic E-state index is 0.0204. The van der Waals surface area contributed by atoms with E-state index in [2.05, 4.69) is 10.3 Å². The molecule has 0 radical (unpaired) electrons. The zero-order valence-electron chi connectivity index (χ0n) is 11.6. The molecule has 2 unspecified atom stereocenters. The number of carbonyl (C=O) groups excluding carboxylic acids is 2. The van der Waals surface area contributed by atoms with Crippen molar-refractivity contribution >= 4 is 23.2 Å². The van der Waals surface area contributed by atoms with Crippen LogP contribution in [0.5, 0.6) is 0 Å². The molecule has 0 saturated carbocycles. The highest BCUT2D eigenvalue weighted by atomic mass is 32.1. The molecule has 1 N–H and O–H groups in total. The van der Waals surface area contributed by atoms with Crippen LogP contribution in [0.3, 0.4) is 0 Å². The highest BCUT2D eigenvalue weighted by molar-refractivity contribution is 7.09. The number of carbonyl (C=O) groups is 2. The van der Waals surface area contributed by atoms with Gasteiger partial charge in [0.2, 0.25) is 11.8 Å². The number of aromatic nitrogens is 1. The van der Waals surface area contributed by atoms with Crippen LogP contribution in [0.25, 0.3) is 0 Å². The van der Waals surface area contributed by atoms with Crippen LogP contribution in [-0.4, -0.2) is 33.8 Å². The van der Waals surface area contributed by atoms with Crippen molar-refractivity contribution in [3.05, 3.63) is 16.6 Å². The summed E-state index contributed by atoms with van der Waals surface area (Å²) in [5.74, 6) is -0.114. The van der Waals surface area contributed by atoms with Gasteiger partial charge in [0.05, 0.1) is 12.1 Å². The first-order chi connectivity index (χ1) is 8.80. The first-order valence-electron chi connectivity index (χ1n) is 6.29. The molecule has 1 aliphatic heterocycles. The van der Waals surface area contributed by atoms with E-state index in [9.17, 15) is 9.59 Å². The number of piperazine rings is 1. The number of amides is 2. The maximum Gasteiger partial charge on any atom is 0.246 e. The molecule has 1 aliphatic rings. The third kappa shape index (κ3) is 2.78. The van der Waals surface area contributed by atoms with Gasteiger partial charge in [0.25, 0.3) is 0 Å². The summed E-state index contributed by atoms with van der Waals surface area (Å²) in [4.78, 5) is 31.2. The number of rotatable bonds is 2. The summed E-state index contributed by atoms with van der Waals surface area (Å²) in [5, 5.41) is 2.82. The van der Waals surface area contributed by atoms with Gasteiger partial charge in [0.15, 0.2) is 0 Å². The molecule has 6 heteroatoms. The van der Waals surface area contributed by atoms with Gasteiger partial charge in [-0.2, -0.15) is 0 Å². The van der Waals surface area contributed by atoms with E-state index in [4.69, 9.17) is 0 Å². The fraction of sp³-hybridized carbons (Fsp3) is 0.615. The molecule has 0 bridgehead atoms. The van der Waals surface area contributed by atoms with Gasteiger partial charge in [-0.25, -0.2) is 0 Å². The smallest absolute Gasteiger partial charge is 0.246 e. The SMILES string of the molecule is CC1C(=O)NC(C(C)(C)C)C(=O)N1Cc1cncs1. The zero-order valence-corrected chi connectivity index (χ0v) is 12.5. The van der Waals surface area contributed by atoms with E-state index in [1.165, 1.54) is 11.3 Å². The standard InChI is InChI=1S/C13H19N3O2S/c1-8-11(17)15-10(13(2,3)4)12(18)16(8)6-9-5-14-7-19-9/h5,7-8,10H,6H2,1-4H3,(H,15,17). The van der Waals surface area contributed by atoms with Crippen LogP contribution < -0.4 is 5.32 Å². The number of nitrogens with zero attached hydrogens (tertiary/aromatic N) is 2. The molecule has 2 amide bonds. The maximum absolute atomic E-state index is 12.5. The molecule has 0 aliphatic carbocycles. The molecule has 104 valence electrons. The van der Waals surface area contributed by atoms with Crippen LogP contribution in [0.15, 0.2) is 11.7 Å². The second kappa shape index (κ2) is 4.92. The maximum atomic E-state index is 12.5. The third-order valence-corrected chi connectivity index (χ3v) is 4.10. The highest BCUT2D eigenvalue weighted by Crippen LogP contribution is 2.26. The number of thiazole rings is 1. The Bertz CT molecular complexity index is 479. The average molecular weight is 281 g/mol. The van der Waals surface area contributed by atoms with E-state index in [0.717, 1.165) is 4.88 Å². The van der Waals surface area contributed by atoms with Gasteiger partial charge >= 0.3 is 0 Å².